The largest absolute Gasteiger partial charge is 0.381 e. The van der Waals surface area contributed by atoms with E-state index in [4.69, 9.17) is 4.74 Å². The van der Waals surface area contributed by atoms with Crippen molar-refractivity contribution in [1.82, 2.24) is 5.32 Å². The Hall–Kier alpha value is -0.0800. The van der Waals surface area contributed by atoms with Crippen molar-refractivity contribution in [2.75, 3.05) is 19.8 Å². The van der Waals surface area contributed by atoms with E-state index in [9.17, 15) is 0 Å². The number of hydrogen-bond acceptors (Lipinski definition) is 2. The SMILES string of the molecule is CCCOCC1CC(CCC)CCC1CNC(C)(C)C. The van der Waals surface area contributed by atoms with E-state index in [1.165, 1.54) is 32.1 Å². The summed E-state index contributed by atoms with van der Waals surface area (Å²) in [7, 11) is 0. The first-order valence-electron chi connectivity index (χ1n) is 8.79. The van der Waals surface area contributed by atoms with Crippen LogP contribution in [0.2, 0.25) is 0 Å². The molecule has 0 saturated heterocycles. The van der Waals surface area contributed by atoms with Crippen molar-refractivity contribution in [3.63, 3.8) is 0 Å². The maximum absolute atomic E-state index is 5.88. The van der Waals surface area contributed by atoms with Gasteiger partial charge in [0, 0.05) is 18.8 Å². The van der Waals surface area contributed by atoms with E-state index >= 15 is 0 Å². The maximum atomic E-state index is 5.88. The molecule has 120 valence electrons. The van der Waals surface area contributed by atoms with Crippen LogP contribution in [0.1, 0.15) is 73.1 Å². The molecule has 0 aromatic rings. The van der Waals surface area contributed by atoms with Gasteiger partial charge in [0.1, 0.15) is 0 Å². The van der Waals surface area contributed by atoms with Gasteiger partial charge in [-0.1, -0.05) is 33.1 Å². The molecule has 1 fully saturated rings. The first kappa shape index (κ1) is 18.0. The molecule has 1 rings (SSSR count). The van der Waals surface area contributed by atoms with Crippen molar-refractivity contribution >= 4 is 0 Å². The minimum Gasteiger partial charge on any atom is -0.381 e. The lowest BCUT2D eigenvalue weighted by molar-refractivity contribution is 0.0417. The Labute approximate surface area is 127 Å². The lowest BCUT2D eigenvalue weighted by Gasteiger charge is -2.37. The van der Waals surface area contributed by atoms with Gasteiger partial charge in [-0.2, -0.15) is 0 Å². The topological polar surface area (TPSA) is 21.3 Å². The molecule has 0 aliphatic heterocycles. The standard InChI is InChI=1S/C18H37NO/c1-6-8-15-9-10-16(13-19-18(3,4)5)17(12-15)14-20-11-7-2/h15-17,19H,6-14H2,1-5H3. The highest BCUT2D eigenvalue weighted by molar-refractivity contribution is 4.83. The van der Waals surface area contributed by atoms with E-state index in [1.54, 1.807) is 0 Å². The Morgan fingerprint density at radius 2 is 1.80 bits per heavy atom. The van der Waals surface area contributed by atoms with Crippen LogP contribution < -0.4 is 5.32 Å². The van der Waals surface area contributed by atoms with E-state index in [-0.39, 0.29) is 5.54 Å². The third-order valence-corrected chi connectivity index (χ3v) is 4.52. The molecule has 2 heteroatoms. The summed E-state index contributed by atoms with van der Waals surface area (Å²) in [6, 6.07) is 0. The molecule has 0 aromatic carbocycles. The van der Waals surface area contributed by atoms with Crippen molar-refractivity contribution in [2.45, 2.75) is 78.7 Å². The van der Waals surface area contributed by atoms with Gasteiger partial charge in [0.05, 0.1) is 0 Å². The van der Waals surface area contributed by atoms with Gasteiger partial charge in [-0.15, -0.1) is 0 Å². The lowest BCUT2D eigenvalue weighted by atomic mass is 9.73. The number of rotatable bonds is 8. The molecule has 0 bridgehead atoms. The Balaban J connectivity index is 2.47. The molecule has 0 aromatic heterocycles. The predicted molar refractivity (Wildman–Crippen MR) is 88.1 cm³/mol. The predicted octanol–water partition coefficient (Wildman–Crippen LogP) is 4.63. The second-order valence-electron chi connectivity index (χ2n) is 7.69. The Kier molecular flexibility index (Phi) is 8.13. The van der Waals surface area contributed by atoms with Crippen LogP contribution >= 0.6 is 0 Å². The lowest BCUT2D eigenvalue weighted by Crippen LogP contribution is -2.43. The summed E-state index contributed by atoms with van der Waals surface area (Å²) in [4.78, 5) is 0. The summed E-state index contributed by atoms with van der Waals surface area (Å²) >= 11 is 0. The fourth-order valence-corrected chi connectivity index (χ4v) is 3.38. The molecule has 1 aliphatic carbocycles. The van der Waals surface area contributed by atoms with E-state index in [2.05, 4.69) is 39.9 Å². The van der Waals surface area contributed by atoms with Gasteiger partial charge in [0.2, 0.25) is 0 Å². The number of nitrogens with one attached hydrogen (secondary N) is 1. The molecule has 2 nitrogen and oxygen atoms in total. The van der Waals surface area contributed by atoms with E-state index in [0.717, 1.165) is 43.9 Å². The van der Waals surface area contributed by atoms with E-state index < -0.39 is 0 Å². The van der Waals surface area contributed by atoms with Crippen molar-refractivity contribution in [3.05, 3.63) is 0 Å². The molecule has 0 spiro atoms. The Morgan fingerprint density at radius 1 is 1.05 bits per heavy atom. The average molecular weight is 284 g/mol. The zero-order valence-corrected chi connectivity index (χ0v) is 14.5. The van der Waals surface area contributed by atoms with Gasteiger partial charge >= 0.3 is 0 Å². The Bertz CT molecular complexity index is 246. The second kappa shape index (κ2) is 9.04. The molecule has 0 heterocycles. The minimum atomic E-state index is 0.231. The monoisotopic (exact) mass is 283 g/mol. The molecule has 3 unspecified atom stereocenters. The third kappa shape index (κ3) is 7.08. The summed E-state index contributed by atoms with van der Waals surface area (Å²) in [5.41, 5.74) is 0.231. The molecule has 1 saturated carbocycles. The van der Waals surface area contributed by atoms with E-state index in [1.807, 2.05) is 0 Å². The van der Waals surface area contributed by atoms with Crippen molar-refractivity contribution < 1.29 is 4.74 Å². The van der Waals surface area contributed by atoms with Gasteiger partial charge in [-0.05, 0) is 64.3 Å². The highest BCUT2D eigenvalue weighted by Gasteiger charge is 2.30. The van der Waals surface area contributed by atoms with Gasteiger partial charge in [-0.3, -0.25) is 0 Å². The summed E-state index contributed by atoms with van der Waals surface area (Å²) in [5, 5.41) is 3.70. The zero-order valence-electron chi connectivity index (χ0n) is 14.5. The Morgan fingerprint density at radius 3 is 2.40 bits per heavy atom. The highest BCUT2D eigenvalue weighted by atomic mass is 16.5. The fourth-order valence-electron chi connectivity index (χ4n) is 3.38. The first-order valence-corrected chi connectivity index (χ1v) is 8.79. The summed E-state index contributed by atoms with van der Waals surface area (Å²) in [5.74, 6) is 2.52. The molecular weight excluding hydrogens is 246 g/mol. The van der Waals surface area contributed by atoms with Crippen LogP contribution in [0.5, 0.6) is 0 Å². The van der Waals surface area contributed by atoms with Gasteiger partial charge in [0.25, 0.3) is 0 Å². The molecule has 0 radical (unpaired) electrons. The fraction of sp³-hybridized carbons (Fsp3) is 1.00. The highest BCUT2D eigenvalue weighted by Crippen LogP contribution is 2.36. The third-order valence-electron chi connectivity index (χ3n) is 4.52. The van der Waals surface area contributed by atoms with Crippen molar-refractivity contribution in [1.29, 1.82) is 0 Å². The molecule has 1 aliphatic rings. The van der Waals surface area contributed by atoms with Crippen molar-refractivity contribution in [3.8, 4) is 0 Å². The van der Waals surface area contributed by atoms with E-state index in [0.29, 0.717) is 0 Å². The number of hydrogen-bond donors (Lipinski definition) is 1. The minimum absolute atomic E-state index is 0.231. The summed E-state index contributed by atoms with van der Waals surface area (Å²) < 4.78 is 5.88. The van der Waals surface area contributed by atoms with Crippen LogP contribution in [0.15, 0.2) is 0 Å². The van der Waals surface area contributed by atoms with Crippen LogP contribution in [-0.2, 0) is 4.74 Å². The first-order chi connectivity index (χ1) is 9.46. The van der Waals surface area contributed by atoms with Crippen LogP contribution in [0.3, 0.4) is 0 Å². The zero-order chi connectivity index (χ0) is 15.0. The van der Waals surface area contributed by atoms with Crippen LogP contribution in [0.25, 0.3) is 0 Å². The van der Waals surface area contributed by atoms with Gasteiger partial charge in [-0.25, -0.2) is 0 Å². The van der Waals surface area contributed by atoms with Gasteiger partial charge in [0.15, 0.2) is 0 Å². The number of ether oxygens (including phenoxy) is 1. The molecule has 1 N–H and O–H groups in total. The molecule has 20 heavy (non-hydrogen) atoms. The summed E-state index contributed by atoms with van der Waals surface area (Å²) in [6.45, 7) is 14.4. The van der Waals surface area contributed by atoms with Crippen LogP contribution in [0.4, 0.5) is 0 Å². The van der Waals surface area contributed by atoms with Crippen LogP contribution in [-0.4, -0.2) is 25.3 Å². The smallest absolute Gasteiger partial charge is 0.0497 e. The maximum Gasteiger partial charge on any atom is 0.0497 e. The normalized spacial score (nSPS) is 27.8. The quantitative estimate of drug-likeness (QED) is 0.656. The summed E-state index contributed by atoms with van der Waals surface area (Å²) in [6.07, 6.45) is 8.06. The van der Waals surface area contributed by atoms with Gasteiger partial charge < -0.3 is 10.1 Å². The average Bonchev–Trinajstić information content (AvgIpc) is 2.37. The molecular formula is C18H37NO. The van der Waals surface area contributed by atoms with Crippen molar-refractivity contribution in [2.24, 2.45) is 17.8 Å². The molecule has 0 amide bonds. The van der Waals surface area contributed by atoms with Crippen LogP contribution in [0, 0.1) is 17.8 Å². The second-order valence-corrected chi connectivity index (χ2v) is 7.69. The molecule has 3 atom stereocenters.